The zero-order chi connectivity index (χ0) is 14.5. The number of rotatable bonds is 8. The van der Waals surface area contributed by atoms with Crippen molar-refractivity contribution >= 4 is 0 Å². The highest BCUT2D eigenvalue weighted by Crippen LogP contribution is 2.21. The van der Waals surface area contributed by atoms with Gasteiger partial charge in [0.1, 0.15) is 0 Å². The molecule has 1 unspecified atom stereocenters. The van der Waals surface area contributed by atoms with Crippen LogP contribution in [0.2, 0.25) is 0 Å². The van der Waals surface area contributed by atoms with Crippen LogP contribution in [0.25, 0.3) is 0 Å². The van der Waals surface area contributed by atoms with Crippen LogP contribution in [0, 0.1) is 5.92 Å². The number of hydrogen-bond acceptors (Lipinski definition) is 3. The van der Waals surface area contributed by atoms with Crippen molar-refractivity contribution in [2.75, 3.05) is 33.4 Å². The van der Waals surface area contributed by atoms with E-state index in [9.17, 15) is 0 Å². The maximum Gasteiger partial charge on any atom is 0.0503 e. The van der Waals surface area contributed by atoms with Gasteiger partial charge in [0.2, 0.25) is 0 Å². The van der Waals surface area contributed by atoms with E-state index >= 15 is 0 Å². The molecular formula is C18H28N2O. The molecule has 3 heteroatoms. The van der Waals surface area contributed by atoms with Crippen LogP contribution in [0.15, 0.2) is 24.3 Å². The molecule has 1 aromatic carbocycles. The van der Waals surface area contributed by atoms with E-state index in [1.165, 1.54) is 43.5 Å². The Morgan fingerprint density at radius 2 is 2.00 bits per heavy atom. The number of likely N-dealkylation sites (tertiary alicyclic amines) is 1. The van der Waals surface area contributed by atoms with Crippen molar-refractivity contribution in [2.45, 2.75) is 38.3 Å². The third kappa shape index (κ3) is 4.53. The summed E-state index contributed by atoms with van der Waals surface area (Å²) in [6.45, 7) is 5.52. The van der Waals surface area contributed by atoms with E-state index in [1.54, 1.807) is 0 Å². The lowest BCUT2D eigenvalue weighted by Crippen LogP contribution is -2.23. The molecule has 0 bridgehead atoms. The summed E-state index contributed by atoms with van der Waals surface area (Å²) in [4.78, 5) is 2.58. The quantitative estimate of drug-likeness (QED) is 0.795. The first-order chi connectivity index (χ1) is 10.3. The van der Waals surface area contributed by atoms with Gasteiger partial charge in [-0.25, -0.2) is 0 Å². The molecular weight excluding hydrogens is 260 g/mol. The molecule has 1 heterocycles. The SMILES string of the molecule is COCC1CCN(Cc2ccccc2CCNC2CC2)C1. The molecule has 1 saturated carbocycles. The first kappa shape index (κ1) is 15.0. The molecule has 1 N–H and O–H groups in total. The molecule has 0 spiro atoms. The van der Waals surface area contributed by atoms with Crippen LogP contribution in [-0.2, 0) is 17.7 Å². The summed E-state index contributed by atoms with van der Waals surface area (Å²) >= 11 is 0. The highest BCUT2D eigenvalue weighted by atomic mass is 16.5. The second kappa shape index (κ2) is 7.39. The maximum atomic E-state index is 5.29. The minimum Gasteiger partial charge on any atom is -0.384 e. The number of methoxy groups -OCH3 is 1. The van der Waals surface area contributed by atoms with E-state index < -0.39 is 0 Å². The normalized spacial score (nSPS) is 22.8. The Morgan fingerprint density at radius 1 is 1.19 bits per heavy atom. The van der Waals surface area contributed by atoms with E-state index in [-0.39, 0.29) is 0 Å². The van der Waals surface area contributed by atoms with Crippen molar-refractivity contribution in [1.82, 2.24) is 10.2 Å². The fourth-order valence-corrected chi connectivity index (χ4v) is 3.32. The third-order valence-electron chi connectivity index (χ3n) is 4.69. The lowest BCUT2D eigenvalue weighted by Gasteiger charge is -2.18. The van der Waals surface area contributed by atoms with Gasteiger partial charge < -0.3 is 10.1 Å². The van der Waals surface area contributed by atoms with Gasteiger partial charge >= 0.3 is 0 Å². The van der Waals surface area contributed by atoms with Crippen molar-refractivity contribution < 1.29 is 4.74 Å². The summed E-state index contributed by atoms with van der Waals surface area (Å²) in [6.07, 6.45) is 5.17. The zero-order valence-corrected chi connectivity index (χ0v) is 13.2. The molecule has 1 aliphatic carbocycles. The predicted octanol–water partition coefficient (Wildman–Crippen LogP) is 2.45. The molecule has 2 aliphatic rings. The van der Waals surface area contributed by atoms with Gasteiger partial charge in [-0.1, -0.05) is 24.3 Å². The first-order valence-electron chi connectivity index (χ1n) is 8.36. The molecule has 0 amide bonds. The summed E-state index contributed by atoms with van der Waals surface area (Å²) in [5.74, 6) is 0.721. The summed E-state index contributed by atoms with van der Waals surface area (Å²) in [5, 5.41) is 3.62. The Labute approximate surface area is 128 Å². The number of ether oxygens (including phenoxy) is 1. The predicted molar refractivity (Wildman–Crippen MR) is 86.4 cm³/mol. The highest BCUT2D eigenvalue weighted by Gasteiger charge is 2.23. The molecule has 1 atom stereocenters. The van der Waals surface area contributed by atoms with Gasteiger partial charge in [-0.05, 0) is 55.8 Å². The van der Waals surface area contributed by atoms with E-state index in [0.717, 1.165) is 38.1 Å². The average molecular weight is 288 g/mol. The summed E-state index contributed by atoms with van der Waals surface area (Å²) in [5.41, 5.74) is 3.02. The van der Waals surface area contributed by atoms with Gasteiger partial charge in [0.05, 0.1) is 6.61 Å². The van der Waals surface area contributed by atoms with Gasteiger partial charge in [0, 0.05) is 26.2 Å². The monoisotopic (exact) mass is 288 g/mol. The van der Waals surface area contributed by atoms with E-state index in [4.69, 9.17) is 4.74 Å². The zero-order valence-electron chi connectivity index (χ0n) is 13.2. The van der Waals surface area contributed by atoms with Crippen LogP contribution in [0.3, 0.4) is 0 Å². The first-order valence-corrected chi connectivity index (χ1v) is 8.36. The molecule has 1 aliphatic heterocycles. The standard InChI is InChI=1S/C18H28N2O/c1-21-14-15-9-11-20(12-15)13-17-5-3-2-4-16(17)8-10-19-18-6-7-18/h2-5,15,18-19H,6-14H2,1H3. The van der Waals surface area contributed by atoms with Gasteiger partial charge in [-0.15, -0.1) is 0 Å². The fraction of sp³-hybridized carbons (Fsp3) is 0.667. The summed E-state index contributed by atoms with van der Waals surface area (Å²) < 4.78 is 5.29. The second-order valence-electron chi connectivity index (χ2n) is 6.59. The van der Waals surface area contributed by atoms with Crippen LogP contribution in [0.4, 0.5) is 0 Å². The number of nitrogens with one attached hydrogen (secondary N) is 1. The molecule has 116 valence electrons. The third-order valence-corrected chi connectivity index (χ3v) is 4.69. The molecule has 2 fully saturated rings. The lowest BCUT2D eigenvalue weighted by molar-refractivity contribution is 0.152. The number of benzene rings is 1. The number of hydrogen-bond donors (Lipinski definition) is 1. The highest BCUT2D eigenvalue weighted by molar-refractivity contribution is 5.27. The van der Waals surface area contributed by atoms with Crippen LogP contribution < -0.4 is 5.32 Å². The van der Waals surface area contributed by atoms with Crippen molar-refractivity contribution in [3.05, 3.63) is 35.4 Å². The lowest BCUT2D eigenvalue weighted by atomic mass is 10.0. The smallest absolute Gasteiger partial charge is 0.0503 e. The van der Waals surface area contributed by atoms with Gasteiger partial charge in [-0.2, -0.15) is 0 Å². The minimum absolute atomic E-state index is 0.721. The van der Waals surface area contributed by atoms with E-state index in [2.05, 4.69) is 34.5 Å². The molecule has 0 aromatic heterocycles. The van der Waals surface area contributed by atoms with Crippen molar-refractivity contribution in [1.29, 1.82) is 0 Å². The van der Waals surface area contributed by atoms with Crippen LogP contribution in [-0.4, -0.2) is 44.3 Å². The van der Waals surface area contributed by atoms with Crippen molar-refractivity contribution in [3.63, 3.8) is 0 Å². The van der Waals surface area contributed by atoms with Crippen LogP contribution >= 0.6 is 0 Å². The van der Waals surface area contributed by atoms with Crippen molar-refractivity contribution in [3.8, 4) is 0 Å². The Hall–Kier alpha value is -0.900. The van der Waals surface area contributed by atoms with Crippen molar-refractivity contribution in [2.24, 2.45) is 5.92 Å². The average Bonchev–Trinajstić information content (AvgIpc) is 3.21. The Bertz CT molecular complexity index is 445. The van der Waals surface area contributed by atoms with Crippen LogP contribution in [0.5, 0.6) is 0 Å². The Kier molecular flexibility index (Phi) is 5.28. The molecule has 21 heavy (non-hydrogen) atoms. The molecule has 1 aromatic rings. The second-order valence-corrected chi connectivity index (χ2v) is 6.59. The van der Waals surface area contributed by atoms with Gasteiger partial charge in [0.15, 0.2) is 0 Å². The molecule has 0 radical (unpaired) electrons. The maximum absolute atomic E-state index is 5.29. The molecule has 3 nitrogen and oxygen atoms in total. The van der Waals surface area contributed by atoms with E-state index in [1.807, 2.05) is 7.11 Å². The summed E-state index contributed by atoms with van der Waals surface area (Å²) in [7, 11) is 1.81. The largest absolute Gasteiger partial charge is 0.384 e. The van der Waals surface area contributed by atoms with Crippen LogP contribution in [0.1, 0.15) is 30.4 Å². The van der Waals surface area contributed by atoms with E-state index in [0.29, 0.717) is 0 Å². The summed E-state index contributed by atoms with van der Waals surface area (Å²) in [6, 6.07) is 9.76. The molecule has 1 saturated heterocycles. The topological polar surface area (TPSA) is 24.5 Å². The number of nitrogens with zero attached hydrogens (tertiary/aromatic N) is 1. The fourth-order valence-electron chi connectivity index (χ4n) is 3.32. The van der Waals surface area contributed by atoms with Gasteiger partial charge in [0.25, 0.3) is 0 Å². The molecule has 3 rings (SSSR count). The minimum atomic E-state index is 0.721. The Morgan fingerprint density at radius 3 is 2.76 bits per heavy atom. The van der Waals surface area contributed by atoms with Gasteiger partial charge in [-0.3, -0.25) is 4.90 Å². The Balaban J connectivity index is 1.52.